The lowest BCUT2D eigenvalue weighted by Gasteiger charge is -2.35. The van der Waals surface area contributed by atoms with E-state index in [-0.39, 0.29) is 18.4 Å². The van der Waals surface area contributed by atoms with Gasteiger partial charge < -0.3 is 10.0 Å². The summed E-state index contributed by atoms with van der Waals surface area (Å²) in [6.07, 6.45) is 1.23. The summed E-state index contributed by atoms with van der Waals surface area (Å²) in [4.78, 5) is 14.0. The van der Waals surface area contributed by atoms with E-state index in [1.807, 2.05) is 11.8 Å². The molecule has 1 N–H and O–H groups in total. The first kappa shape index (κ1) is 14.8. The number of nitrogens with zero attached hydrogens (tertiary/aromatic N) is 1. The Morgan fingerprint density at radius 3 is 2.53 bits per heavy atom. The standard InChI is InChI=1S/C13H25NO2S/c1-10-4-11(2)6-14(5-10)13(16)9-17-8-12(3)7-15/h10-12,15H,4-9H2,1-3H3. The molecule has 100 valence electrons. The van der Waals surface area contributed by atoms with Crippen LogP contribution < -0.4 is 0 Å². The predicted molar refractivity (Wildman–Crippen MR) is 73.1 cm³/mol. The Morgan fingerprint density at radius 1 is 1.41 bits per heavy atom. The van der Waals surface area contributed by atoms with Gasteiger partial charge >= 0.3 is 0 Å². The van der Waals surface area contributed by atoms with E-state index in [0.717, 1.165) is 18.8 Å². The van der Waals surface area contributed by atoms with Gasteiger partial charge in [0.05, 0.1) is 5.75 Å². The highest BCUT2D eigenvalue weighted by Crippen LogP contribution is 2.21. The largest absolute Gasteiger partial charge is 0.396 e. The van der Waals surface area contributed by atoms with Crippen LogP contribution in [0.2, 0.25) is 0 Å². The second kappa shape index (κ2) is 7.27. The third-order valence-electron chi connectivity index (χ3n) is 3.16. The van der Waals surface area contributed by atoms with Gasteiger partial charge in [0, 0.05) is 19.7 Å². The van der Waals surface area contributed by atoms with Crippen molar-refractivity contribution >= 4 is 17.7 Å². The van der Waals surface area contributed by atoms with E-state index in [1.54, 1.807) is 11.8 Å². The summed E-state index contributed by atoms with van der Waals surface area (Å²) in [6.45, 7) is 8.48. The lowest BCUT2D eigenvalue weighted by Crippen LogP contribution is -2.43. The van der Waals surface area contributed by atoms with Gasteiger partial charge in [-0.05, 0) is 29.9 Å². The highest BCUT2D eigenvalue weighted by molar-refractivity contribution is 7.99. The Bertz CT molecular complexity index is 238. The molecule has 1 aliphatic rings. The lowest BCUT2D eigenvalue weighted by molar-refractivity contribution is -0.130. The van der Waals surface area contributed by atoms with Crippen LogP contribution in [0, 0.1) is 17.8 Å². The number of aliphatic hydroxyl groups is 1. The molecule has 1 saturated heterocycles. The third-order valence-corrected chi connectivity index (χ3v) is 4.42. The molecule has 1 fully saturated rings. The molecule has 1 aliphatic heterocycles. The van der Waals surface area contributed by atoms with Crippen LogP contribution in [0.15, 0.2) is 0 Å². The van der Waals surface area contributed by atoms with Crippen molar-refractivity contribution in [2.24, 2.45) is 17.8 Å². The SMILES string of the molecule is CC(CO)CSCC(=O)N1CC(C)CC(C)C1. The van der Waals surface area contributed by atoms with Crippen LogP contribution in [-0.2, 0) is 4.79 Å². The maximum atomic E-state index is 12.0. The zero-order valence-electron chi connectivity index (χ0n) is 11.2. The fraction of sp³-hybridized carbons (Fsp3) is 0.923. The average Bonchev–Trinajstić information content (AvgIpc) is 2.27. The van der Waals surface area contributed by atoms with Crippen LogP contribution in [-0.4, -0.2) is 47.1 Å². The zero-order valence-corrected chi connectivity index (χ0v) is 12.0. The van der Waals surface area contributed by atoms with Crippen LogP contribution in [0.3, 0.4) is 0 Å². The van der Waals surface area contributed by atoms with Crippen molar-refractivity contribution in [2.75, 3.05) is 31.2 Å². The first-order chi connectivity index (χ1) is 8.02. The molecular weight excluding hydrogens is 234 g/mol. The molecule has 3 unspecified atom stereocenters. The van der Waals surface area contributed by atoms with E-state index in [2.05, 4.69) is 13.8 Å². The second-order valence-electron chi connectivity index (χ2n) is 5.55. The molecule has 0 spiro atoms. The number of hydrogen-bond donors (Lipinski definition) is 1. The molecule has 4 heteroatoms. The van der Waals surface area contributed by atoms with Gasteiger partial charge in [-0.3, -0.25) is 4.79 Å². The first-order valence-electron chi connectivity index (χ1n) is 6.49. The minimum absolute atomic E-state index is 0.207. The van der Waals surface area contributed by atoms with Crippen molar-refractivity contribution in [1.29, 1.82) is 0 Å². The summed E-state index contributed by atoms with van der Waals surface area (Å²) in [5.41, 5.74) is 0. The number of amides is 1. The second-order valence-corrected chi connectivity index (χ2v) is 6.58. The molecule has 3 nitrogen and oxygen atoms in total. The number of hydrogen-bond acceptors (Lipinski definition) is 3. The van der Waals surface area contributed by atoms with Crippen LogP contribution in [0.1, 0.15) is 27.2 Å². The molecule has 0 aliphatic carbocycles. The van der Waals surface area contributed by atoms with Crippen molar-refractivity contribution in [3.05, 3.63) is 0 Å². The minimum Gasteiger partial charge on any atom is -0.396 e. The maximum Gasteiger partial charge on any atom is 0.232 e. The van der Waals surface area contributed by atoms with Crippen LogP contribution in [0.25, 0.3) is 0 Å². The molecular formula is C13H25NO2S. The summed E-state index contributed by atoms with van der Waals surface area (Å²) in [6, 6.07) is 0. The maximum absolute atomic E-state index is 12.0. The fourth-order valence-electron chi connectivity index (χ4n) is 2.36. The Balaban J connectivity index is 2.27. The van der Waals surface area contributed by atoms with Crippen LogP contribution in [0.5, 0.6) is 0 Å². The zero-order chi connectivity index (χ0) is 12.8. The Hall–Kier alpha value is -0.220. The normalized spacial score (nSPS) is 26.9. The number of piperidine rings is 1. The summed E-state index contributed by atoms with van der Waals surface area (Å²) < 4.78 is 0. The molecule has 0 aromatic heterocycles. The topological polar surface area (TPSA) is 40.5 Å². The molecule has 0 aromatic rings. The molecule has 1 amide bonds. The van der Waals surface area contributed by atoms with Gasteiger partial charge in [0.15, 0.2) is 0 Å². The molecule has 0 saturated carbocycles. The first-order valence-corrected chi connectivity index (χ1v) is 7.64. The summed E-state index contributed by atoms with van der Waals surface area (Å²) in [5, 5.41) is 8.91. The number of aliphatic hydroxyl groups excluding tert-OH is 1. The molecule has 0 aromatic carbocycles. The predicted octanol–water partition coefficient (Wildman–Crippen LogP) is 1.85. The van der Waals surface area contributed by atoms with E-state index in [4.69, 9.17) is 5.11 Å². The molecule has 0 radical (unpaired) electrons. The van der Waals surface area contributed by atoms with Crippen molar-refractivity contribution in [2.45, 2.75) is 27.2 Å². The number of carbonyl (C=O) groups excluding carboxylic acids is 1. The molecule has 1 rings (SSSR count). The smallest absolute Gasteiger partial charge is 0.232 e. The number of carbonyl (C=O) groups is 1. The molecule has 0 bridgehead atoms. The van der Waals surface area contributed by atoms with Gasteiger partial charge in [0.2, 0.25) is 5.91 Å². The van der Waals surface area contributed by atoms with Crippen LogP contribution in [0.4, 0.5) is 0 Å². The van der Waals surface area contributed by atoms with Gasteiger partial charge in [-0.15, -0.1) is 0 Å². The number of likely N-dealkylation sites (tertiary alicyclic amines) is 1. The van der Waals surface area contributed by atoms with Crippen LogP contribution >= 0.6 is 11.8 Å². The third kappa shape index (κ3) is 5.30. The lowest BCUT2D eigenvalue weighted by atomic mass is 9.92. The Morgan fingerprint density at radius 2 is 2.00 bits per heavy atom. The van der Waals surface area contributed by atoms with Gasteiger partial charge in [-0.2, -0.15) is 11.8 Å². The summed E-state index contributed by atoms with van der Waals surface area (Å²) in [5.74, 6) is 3.23. The number of thioether (sulfide) groups is 1. The molecule has 3 atom stereocenters. The van der Waals surface area contributed by atoms with Crippen molar-refractivity contribution in [3.63, 3.8) is 0 Å². The van der Waals surface area contributed by atoms with Crippen molar-refractivity contribution in [1.82, 2.24) is 4.90 Å². The van der Waals surface area contributed by atoms with E-state index >= 15 is 0 Å². The minimum atomic E-state index is 0.207. The van der Waals surface area contributed by atoms with E-state index in [1.165, 1.54) is 6.42 Å². The Labute approximate surface area is 109 Å². The van der Waals surface area contributed by atoms with Gasteiger partial charge in [0.1, 0.15) is 0 Å². The molecule has 1 heterocycles. The summed E-state index contributed by atoms with van der Waals surface area (Å²) in [7, 11) is 0. The monoisotopic (exact) mass is 259 g/mol. The van der Waals surface area contributed by atoms with Gasteiger partial charge in [-0.1, -0.05) is 20.8 Å². The molecule has 17 heavy (non-hydrogen) atoms. The van der Waals surface area contributed by atoms with Gasteiger partial charge in [0.25, 0.3) is 0 Å². The van der Waals surface area contributed by atoms with E-state index in [9.17, 15) is 4.79 Å². The van der Waals surface area contributed by atoms with Crippen molar-refractivity contribution < 1.29 is 9.90 Å². The van der Waals surface area contributed by atoms with Crippen molar-refractivity contribution in [3.8, 4) is 0 Å². The highest BCUT2D eigenvalue weighted by atomic mass is 32.2. The van der Waals surface area contributed by atoms with E-state index in [0.29, 0.717) is 17.6 Å². The summed E-state index contributed by atoms with van der Waals surface area (Å²) >= 11 is 1.64. The average molecular weight is 259 g/mol. The highest BCUT2D eigenvalue weighted by Gasteiger charge is 2.25. The quantitative estimate of drug-likeness (QED) is 0.819. The number of rotatable bonds is 5. The Kier molecular flexibility index (Phi) is 6.34. The van der Waals surface area contributed by atoms with Gasteiger partial charge in [-0.25, -0.2) is 0 Å². The van der Waals surface area contributed by atoms with E-state index < -0.39 is 0 Å². The fourth-order valence-corrected chi connectivity index (χ4v) is 3.34.